The normalized spacial score (nSPS) is 20.8. The molecule has 0 saturated heterocycles. The van der Waals surface area contributed by atoms with Crippen LogP contribution < -0.4 is 5.11 Å². The van der Waals surface area contributed by atoms with Crippen molar-refractivity contribution in [2.24, 2.45) is 11.8 Å². The predicted molar refractivity (Wildman–Crippen MR) is 69.1 cm³/mol. The summed E-state index contributed by atoms with van der Waals surface area (Å²) < 4.78 is 0. The van der Waals surface area contributed by atoms with Crippen molar-refractivity contribution in [2.75, 3.05) is 0 Å². The van der Waals surface area contributed by atoms with E-state index in [0.717, 1.165) is 0 Å². The van der Waals surface area contributed by atoms with Gasteiger partial charge < -0.3 is 9.90 Å². The van der Waals surface area contributed by atoms with Gasteiger partial charge in [0.1, 0.15) is 0 Å². The number of allylic oxidation sites excluding steroid dienone is 3. The molecule has 1 aliphatic rings. The van der Waals surface area contributed by atoms with Gasteiger partial charge in [0.05, 0.1) is 0 Å². The first-order valence-corrected chi connectivity index (χ1v) is 5.27. The molecule has 0 aliphatic heterocycles. The standard InChI is InChI=1S/C8H10O2.C6H6.CH4/c1-6-4-2-3-5-7(6)8(9)10;1-2-4-6-5-3-1;/h2-7H,1H3,(H,9,10);1-6H;1H4/p-1. The number of carboxylic acid groups (broad SMARTS) is 1. The Balaban J connectivity index is 0.000000316. The molecule has 1 aromatic rings. The maximum Gasteiger partial charge on any atom is 0.0488 e. The van der Waals surface area contributed by atoms with E-state index in [4.69, 9.17) is 0 Å². The minimum absolute atomic E-state index is 0. The topological polar surface area (TPSA) is 40.1 Å². The summed E-state index contributed by atoms with van der Waals surface area (Å²) in [7, 11) is 0. The first-order chi connectivity index (χ1) is 7.72. The molecule has 0 radical (unpaired) electrons. The summed E-state index contributed by atoms with van der Waals surface area (Å²) in [6.07, 6.45) is 7.10. The Bertz CT molecular complexity index is 339. The molecule has 0 heterocycles. The highest BCUT2D eigenvalue weighted by Crippen LogP contribution is 2.17. The quantitative estimate of drug-likeness (QED) is 0.744. The summed E-state index contributed by atoms with van der Waals surface area (Å²) in [6, 6.07) is 12.0. The summed E-state index contributed by atoms with van der Waals surface area (Å²) >= 11 is 0. The Morgan fingerprint density at radius 1 is 0.941 bits per heavy atom. The Morgan fingerprint density at radius 3 is 1.65 bits per heavy atom. The van der Waals surface area contributed by atoms with Crippen LogP contribution in [0.1, 0.15) is 14.4 Å². The zero-order chi connectivity index (χ0) is 11.8. The lowest BCUT2D eigenvalue weighted by Gasteiger charge is -2.20. The Hall–Kier alpha value is -1.83. The molecule has 0 spiro atoms. The molecule has 0 saturated carbocycles. The SMILES string of the molecule is C.CC1C=CC=CC1C(=O)[O-].c1ccccc1. The molecular formula is C15H19O2-. The first-order valence-electron chi connectivity index (χ1n) is 5.27. The number of carbonyl (C=O) groups is 1. The third-order valence-corrected chi connectivity index (χ3v) is 2.35. The van der Waals surface area contributed by atoms with E-state index in [-0.39, 0.29) is 13.3 Å². The third kappa shape index (κ3) is 5.71. The smallest absolute Gasteiger partial charge is 0.0488 e. The van der Waals surface area contributed by atoms with Crippen LogP contribution in [-0.2, 0) is 4.79 Å². The van der Waals surface area contributed by atoms with Gasteiger partial charge in [-0.2, -0.15) is 0 Å². The third-order valence-electron chi connectivity index (χ3n) is 2.35. The van der Waals surface area contributed by atoms with Crippen LogP contribution in [0.4, 0.5) is 0 Å². The van der Waals surface area contributed by atoms with Gasteiger partial charge in [0, 0.05) is 11.9 Å². The number of benzene rings is 1. The summed E-state index contributed by atoms with van der Waals surface area (Å²) in [5.41, 5.74) is 0. The molecule has 2 heteroatoms. The molecule has 0 aromatic heterocycles. The second-order valence-electron chi connectivity index (χ2n) is 3.63. The largest absolute Gasteiger partial charge is 0.549 e. The zero-order valence-corrected chi connectivity index (χ0v) is 9.24. The molecule has 2 unspecified atom stereocenters. The van der Waals surface area contributed by atoms with Crippen molar-refractivity contribution >= 4 is 5.97 Å². The average Bonchev–Trinajstić information content (AvgIpc) is 2.32. The number of hydrogen-bond acceptors (Lipinski definition) is 2. The van der Waals surface area contributed by atoms with Crippen LogP contribution in [-0.4, -0.2) is 5.97 Å². The fourth-order valence-corrected chi connectivity index (χ4v) is 1.40. The van der Waals surface area contributed by atoms with Gasteiger partial charge in [0.25, 0.3) is 0 Å². The van der Waals surface area contributed by atoms with Gasteiger partial charge in [-0.1, -0.05) is 75.1 Å². The maximum absolute atomic E-state index is 10.4. The highest BCUT2D eigenvalue weighted by molar-refractivity contribution is 5.71. The molecule has 1 aromatic carbocycles. The number of carbonyl (C=O) groups excluding carboxylic acids is 1. The molecule has 0 amide bonds. The van der Waals surface area contributed by atoms with Crippen molar-refractivity contribution in [1.82, 2.24) is 0 Å². The van der Waals surface area contributed by atoms with E-state index < -0.39 is 11.9 Å². The van der Waals surface area contributed by atoms with Crippen LogP contribution in [0.15, 0.2) is 60.7 Å². The Morgan fingerprint density at radius 2 is 1.35 bits per heavy atom. The molecule has 2 atom stereocenters. The van der Waals surface area contributed by atoms with Gasteiger partial charge in [-0.05, 0) is 5.92 Å². The second-order valence-corrected chi connectivity index (χ2v) is 3.63. The molecule has 17 heavy (non-hydrogen) atoms. The molecular weight excluding hydrogens is 212 g/mol. The summed E-state index contributed by atoms with van der Waals surface area (Å²) in [5.74, 6) is -1.37. The number of rotatable bonds is 1. The lowest BCUT2D eigenvalue weighted by molar-refractivity contribution is -0.310. The van der Waals surface area contributed by atoms with Gasteiger partial charge in [-0.15, -0.1) is 0 Å². The number of carboxylic acids is 1. The molecule has 0 N–H and O–H groups in total. The summed E-state index contributed by atoms with van der Waals surface area (Å²) in [5, 5.41) is 10.4. The highest BCUT2D eigenvalue weighted by atomic mass is 16.4. The van der Waals surface area contributed by atoms with Crippen LogP contribution in [0.25, 0.3) is 0 Å². The van der Waals surface area contributed by atoms with E-state index in [2.05, 4.69) is 0 Å². The summed E-state index contributed by atoms with van der Waals surface area (Å²) in [6.45, 7) is 1.86. The zero-order valence-electron chi connectivity index (χ0n) is 9.24. The minimum atomic E-state index is -0.992. The van der Waals surface area contributed by atoms with Crippen LogP contribution in [0.2, 0.25) is 0 Å². The maximum atomic E-state index is 10.4. The minimum Gasteiger partial charge on any atom is -0.549 e. The van der Waals surface area contributed by atoms with Crippen molar-refractivity contribution < 1.29 is 9.90 Å². The van der Waals surface area contributed by atoms with E-state index in [1.54, 1.807) is 12.2 Å². The molecule has 0 bridgehead atoms. The fourth-order valence-electron chi connectivity index (χ4n) is 1.40. The Labute approximate surface area is 103 Å². The van der Waals surface area contributed by atoms with Gasteiger partial charge in [0.15, 0.2) is 0 Å². The van der Waals surface area contributed by atoms with E-state index in [1.807, 2.05) is 55.5 Å². The van der Waals surface area contributed by atoms with Gasteiger partial charge in [-0.3, -0.25) is 0 Å². The highest BCUT2D eigenvalue weighted by Gasteiger charge is 2.13. The van der Waals surface area contributed by atoms with Crippen molar-refractivity contribution in [2.45, 2.75) is 14.4 Å². The molecule has 2 rings (SSSR count). The lowest BCUT2D eigenvalue weighted by atomic mass is 9.90. The number of hydrogen-bond donors (Lipinski definition) is 0. The van der Waals surface area contributed by atoms with Crippen LogP contribution >= 0.6 is 0 Å². The Kier molecular flexibility index (Phi) is 7.44. The van der Waals surface area contributed by atoms with E-state index >= 15 is 0 Å². The van der Waals surface area contributed by atoms with Gasteiger partial charge >= 0.3 is 0 Å². The molecule has 1 aliphatic carbocycles. The van der Waals surface area contributed by atoms with Crippen LogP contribution in [0, 0.1) is 11.8 Å². The van der Waals surface area contributed by atoms with Crippen molar-refractivity contribution in [3.05, 3.63) is 60.7 Å². The van der Waals surface area contributed by atoms with E-state index in [1.165, 1.54) is 0 Å². The molecule has 2 nitrogen and oxygen atoms in total. The van der Waals surface area contributed by atoms with Gasteiger partial charge in [0.2, 0.25) is 0 Å². The second kappa shape index (κ2) is 8.34. The van der Waals surface area contributed by atoms with Crippen molar-refractivity contribution in [3.63, 3.8) is 0 Å². The van der Waals surface area contributed by atoms with Gasteiger partial charge in [-0.25, -0.2) is 0 Å². The fraction of sp³-hybridized carbons (Fsp3) is 0.267. The van der Waals surface area contributed by atoms with Crippen molar-refractivity contribution in [1.29, 1.82) is 0 Å². The lowest BCUT2D eigenvalue weighted by Crippen LogP contribution is -2.33. The predicted octanol–water partition coefficient (Wildman–Crippen LogP) is 2.44. The summed E-state index contributed by atoms with van der Waals surface area (Å²) in [4.78, 5) is 10.4. The first kappa shape index (κ1) is 15.2. The number of aliphatic carboxylic acids is 1. The molecule has 92 valence electrons. The van der Waals surface area contributed by atoms with E-state index in [0.29, 0.717) is 0 Å². The van der Waals surface area contributed by atoms with Crippen molar-refractivity contribution in [3.8, 4) is 0 Å². The molecule has 0 fully saturated rings. The van der Waals surface area contributed by atoms with E-state index in [9.17, 15) is 9.90 Å². The van der Waals surface area contributed by atoms with Crippen LogP contribution in [0.5, 0.6) is 0 Å². The monoisotopic (exact) mass is 231 g/mol. The average molecular weight is 231 g/mol. The van der Waals surface area contributed by atoms with Crippen LogP contribution in [0.3, 0.4) is 0 Å².